The Hall–Kier alpha value is -0.570. The van der Waals surface area contributed by atoms with E-state index in [1.165, 1.54) is 38.5 Å². The van der Waals surface area contributed by atoms with Gasteiger partial charge in [0.05, 0.1) is 5.92 Å². The fourth-order valence-corrected chi connectivity index (χ4v) is 3.77. The van der Waals surface area contributed by atoms with Crippen LogP contribution in [0, 0.1) is 17.8 Å². The number of likely N-dealkylation sites (tertiary alicyclic amines) is 1. The van der Waals surface area contributed by atoms with Gasteiger partial charge < -0.3 is 10.6 Å². The van der Waals surface area contributed by atoms with Crippen molar-refractivity contribution < 1.29 is 4.79 Å². The highest BCUT2D eigenvalue weighted by atomic mass is 16.2. The minimum atomic E-state index is 0.0191. The van der Waals surface area contributed by atoms with E-state index in [4.69, 9.17) is 5.73 Å². The van der Waals surface area contributed by atoms with E-state index in [0.29, 0.717) is 24.4 Å². The van der Waals surface area contributed by atoms with Gasteiger partial charge in [-0.15, -0.1) is 0 Å². The predicted molar refractivity (Wildman–Crippen MR) is 74.1 cm³/mol. The van der Waals surface area contributed by atoms with Crippen LogP contribution in [0.3, 0.4) is 0 Å². The lowest BCUT2D eigenvalue weighted by Gasteiger charge is -2.45. The third kappa shape index (κ3) is 2.71. The molecule has 2 aliphatic rings. The molecule has 1 amide bonds. The highest BCUT2D eigenvalue weighted by Crippen LogP contribution is 2.36. The number of hydrogen-bond acceptors (Lipinski definition) is 2. The molecule has 104 valence electrons. The molecular weight excluding hydrogens is 224 g/mol. The zero-order chi connectivity index (χ0) is 13.1. The second kappa shape index (κ2) is 6.05. The largest absolute Gasteiger partial charge is 0.339 e. The molecule has 1 unspecified atom stereocenters. The summed E-state index contributed by atoms with van der Waals surface area (Å²) in [5.74, 6) is 1.46. The van der Waals surface area contributed by atoms with Crippen molar-refractivity contribution in [3.8, 4) is 0 Å². The molecule has 0 aromatic rings. The lowest BCUT2D eigenvalue weighted by molar-refractivity contribution is -0.143. The quantitative estimate of drug-likeness (QED) is 0.838. The number of carbonyl (C=O) groups excluding carboxylic acids is 1. The first kappa shape index (κ1) is 13.9. The molecule has 3 nitrogen and oxygen atoms in total. The third-order valence-corrected chi connectivity index (χ3v) is 4.90. The molecule has 2 rings (SSSR count). The number of piperidine rings is 1. The molecule has 18 heavy (non-hydrogen) atoms. The van der Waals surface area contributed by atoms with Crippen LogP contribution in [0.5, 0.6) is 0 Å². The lowest BCUT2D eigenvalue weighted by atomic mass is 9.77. The van der Waals surface area contributed by atoms with Crippen LogP contribution in [-0.2, 0) is 4.79 Å². The topological polar surface area (TPSA) is 46.3 Å². The second-order valence-corrected chi connectivity index (χ2v) is 6.37. The van der Waals surface area contributed by atoms with Crippen molar-refractivity contribution in [1.29, 1.82) is 0 Å². The number of nitrogens with two attached hydrogens (primary N) is 1. The third-order valence-electron chi connectivity index (χ3n) is 4.90. The van der Waals surface area contributed by atoms with E-state index < -0.39 is 0 Å². The van der Waals surface area contributed by atoms with Gasteiger partial charge in [-0.25, -0.2) is 0 Å². The summed E-state index contributed by atoms with van der Waals surface area (Å²) in [6.07, 6.45) is 7.69. The van der Waals surface area contributed by atoms with E-state index in [9.17, 15) is 4.79 Å². The molecule has 2 N–H and O–H groups in total. The number of amides is 1. The Kier molecular flexibility index (Phi) is 4.66. The van der Waals surface area contributed by atoms with Crippen molar-refractivity contribution in [2.75, 3.05) is 13.1 Å². The fourth-order valence-electron chi connectivity index (χ4n) is 3.77. The van der Waals surface area contributed by atoms with Crippen LogP contribution < -0.4 is 5.73 Å². The minimum Gasteiger partial charge on any atom is -0.339 e. The van der Waals surface area contributed by atoms with Crippen molar-refractivity contribution in [2.45, 2.75) is 58.4 Å². The van der Waals surface area contributed by atoms with E-state index in [1.54, 1.807) is 0 Å². The zero-order valence-electron chi connectivity index (χ0n) is 11.9. The molecule has 0 spiro atoms. The van der Waals surface area contributed by atoms with E-state index in [2.05, 4.69) is 18.7 Å². The monoisotopic (exact) mass is 252 g/mol. The molecule has 0 aromatic heterocycles. The summed E-state index contributed by atoms with van der Waals surface area (Å²) in [5.41, 5.74) is 5.80. The number of fused-ring (bicyclic) bond motifs is 1. The van der Waals surface area contributed by atoms with Gasteiger partial charge in [-0.3, -0.25) is 4.79 Å². The smallest absolute Gasteiger partial charge is 0.227 e. The van der Waals surface area contributed by atoms with Crippen LogP contribution in [0.15, 0.2) is 0 Å². The average Bonchev–Trinajstić information content (AvgIpc) is 2.38. The average molecular weight is 252 g/mol. The van der Waals surface area contributed by atoms with Crippen LogP contribution in [0.1, 0.15) is 52.4 Å². The van der Waals surface area contributed by atoms with E-state index in [1.807, 2.05) is 0 Å². The molecule has 2 fully saturated rings. The second-order valence-electron chi connectivity index (χ2n) is 6.37. The Labute approximate surface area is 111 Å². The summed E-state index contributed by atoms with van der Waals surface area (Å²) in [6, 6.07) is 0.521. The van der Waals surface area contributed by atoms with Crippen molar-refractivity contribution in [1.82, 2.24) is 4.90 Å². The summed E-state index contributed by atoms with van der Waals surface area (Å²) in [7, 11) is 0. The maximum Gasteiger partial charge on any atom is 0.227 e. The molecule has 0 bridgehead atoms. The van der Waals surface area contributed by atoms with Crippen molar-refractivity contribution in [3.63, 3.8) is 0 Å². The summed E-state index contributed by atoms with van der Waals surface area (Å²) in [6.45, 7) is 5.67. The molecule has 0 aromatic carbocycles. The van der Waals surface area contributed by atoms with Gasteiger partial charge in [-0.1, -0.05) is 26.7 Å². The van der Waals surface area contributed by atoms with Crippen molar-refractivity contribution in [3.05, 3.63) is 0 Å². The van der Waals surface area contributed by atoms with Gasteiger partial charge in [-0.2, -0.15) is 0 Å². The summed E-state index contributed by atoms with van der Waals surface area (Å²) in [4.78, 5) is 14.9. The van der Waals surface area contributed by atoms with Gasteiger partial charge in [0.2, 0.25) is 5.91 Å². The standard InChI is InChI=1S/C15H28N2O/c1-11(2)13(10-16)15(18)17-9-5-7-12-6-3-4-8-14(12)17/h11-14H,3-10,16H2,1-2H3/t12-,13?,14-/m1/s1. The van der Waals surface area contributed by atoms with Gasteiger partial charge in [-0.05, 0) is 37.5 Å². The molecule has 3 heteroatoms. The van der Waals surface area contributed by atoms with E-state index in [-0.39, 0.29) is 5.92 Å². The van der Waals surface area contributed by atoms with Crippen LogP contribution in [0.25, 0.3) is 0 Å². The van der Waals surface area contributed by atoms with Gasteiger partial charge in [0.25, 0.3) is 0 Å². The van der Waals surface area contributed by atoms with Gasteiger partial charge >= 0.3 is 0 Å². The molecule has 1 saturated carbocycles. The first-order chi connectivity index (χ1) is 8.65. The highest BCUT2D eigenvalue weighted by molar-refractivity contribution is 5.79. The Morgan fingerprint density at radius 1 is 1.22 bits per heavy atom. The van der Waals surface area contributed by atoms with Gasteiger partial charge in [0.15, 0.2) is 0 Å². The van der Waals surface area contributed by atoms with E-state index >= 15 is 0 Å². The molecule has 1 saturated heterocycles. The first-order valence-corrected chi connectivity index (χ1v) is 7.65. The first-order valence-electron chi connectivity index (χ1n) is 7.65. The summed E-state index contributed by atoms with van der Waals surface area (Å²) >= 11 is 0. The fraction of sp³-hybridized carbons (Fsp3) is 0.933. The lowest BCUT2D eigenvalue weighted by Crippen LogP contribution is -2.53. The maximum atomic E-state index is 12.7. The molecular formula is C15H28N2O. The summed E-state index contributed by atoms with van der Waals surface area (Å²) in [5, 5.41) is 0. The van der Waals surface area contributed by atoms with Crippen LogP contribution in [0.2, 0.25) is 0 Å². The van der Waals surface area contributed by atoms with Gasteiger partial charge in [0.1, 0.15) is 0 Å². The zero-order valence-corrected chi connectivity index (χ0v) is 11.9. The van der Waals surface area contributed by atoms with E-state index in [0.717, 1.165) is 12.5 Å². The Morgan fingerprint density at radius 2 is 1.89 bits per heavy atom. The number of rotatable bonds is 3. The Bertz CT molecular complexity index is 288. The Morgan fingerprint density at radius 3 is 2.56 bits per heavy atom. The number of hydrogen-bond donors (Lipinski definition) is 1. The number of carbonyl (C=O) groups is 1. The Balaban J connectivity index is 2.07. The summed E-state index contributed by atoms with van der Waals surface area (Å²) < 4.78 is 0. The normalized spacial score (nSPS) is 30.1. The predicted octanol–water partition coefficient (Wildman–Crippen LogP) is 2.40. The number of nitrogens with zero attached hydrogens (tertiary/aromatic N) is 1. The molecule has 0 radical (unpaired) electrons. The van der Waals surface area contributed by atoms with Gasteiger partial charge in [0, 0.05) is 19.1 Å². The van der Waals surface area contributed by atoms with Crippen LogP contribution in [0.4, 0.5) is 0 Å². The van der Waals surface area contributed by atoms with Crippen LogP contribution in [-0.4, -0.2) is 29.9 Å². The SMILES string of the molecule is CC(C)C(CN)C(=O)N1CCC[C@H]2CCCC[C@H]21. The van der Waals surface area contributed by atoms with Crippen molar-refractivity contribution >= 4 is 5.91 Å². The highest BCUT2D eigenvalue weighted by Gasteiger charge is 2.38. The molecule has 1 heterocycles. The molecule has 1 aliphatic heterocycles. The van der Waals surface area contributed by atoms with Crippen molar-refractivity contribution in [2.24, 2.45) is 23.5 Å². The molecule has 3 atom stereocenters. The molecule has 1 aliphatic carbocycles. The van der Waals surface area contributed by atoms with Crippen LogP contribution >= 0.6 is 0 Å². The maximum absolute atomic E-state index is 12.7. The minimum absolute atomic E-state index is 0.0191.